The molecule has 5 nitrogen and oxygen atoms in total. The van der Waals surface area contributed by atoms with Crippen molar-refractivity contribution in [1.82, 2.24) is 10.6 Å². The van der Waals surface area contributed by atoms with Crippen LogP contribution in [0, 0.1) is 5.92 Å². The normalized spacial score (nSPS) is 14.2. The van der Waals surface area contributed by atoms with E-state index in [1.165, 1.54) is 0 Å². The Labute approximate surface area is 104 Å². The molecule has 0 rings (SSSR count). The minimum absolute atomic E-state index is 0.0580. The molecular formula is C12H25N3O2. The Morgan fingerprint density at radius 1 is 1.24 bits per heavy atom. The van der Waals surface area contributed by atoms with Gasteiger partial charge in [-0.1, -0.05) is 20.3 Å². The zero-order valence-corrected chi connectivity index (χ0v) is 11.2. The summed E-state index contributed by atoms with van der Waals surface area (Å²) in [7, 11) is 0. The van der Waals surface area contributed by atoms with Crippen LogP contribution >= 0.6 is 0 Å². The molecule has 0 saturated heterocycles. The first kappa shape index (κ1) is 15.9. The fraction of sp³-hybridized carbons (Fsp3) is 0.833. The Balaban J connectivity index is 3.82. The monoisotopic (exact) mass is 243 g/mol. The van der Waals surface area contributed by atoms with Gasteiger partial charge < -0.3 is 16.4 Å². The molecule has 0 aromatic rings. The molecule has 100 valence electrons. The first-order valence-corrected chi connectivity index (χ1v) is 6.21. The Morgan fingerprint density at radius 2 is 1.82 bits per heavy atom. The van der Waals surface area contributed by atoms with Crippen molar-refractivity contribution < 1.29 is 9.59 Å². The maximum absolute atomic E-state index is 11.6. The third kappa shape index (κ3) is 6.94. The number of hydrogen-bond acceptors (Lipinski definition) is 3. The number of nitrogens with one attached hydrogen (secondary N) is 2. The average molecular weight is 243 g/mol. The van der Waals surface area contributed by atoms with E-state index in [4.69, 9.17) is 5.73 Å². The van der Waals surface area contributed by atoms with Crippen molar-refractivity contribution in [1.29, 1.82) is 0 Å². The molecule has 0 heterocycles. The van der Waals surface area contributed by atoms with Gasteiger partial charge in [-0.2, -0.15) is 0 Å². The maximum Gasteiger partial charge on any atom is 0.237 e. The summed E-state index contributed by atoms with van der Waals surface area (Å²) in [6.07, 6.45) is 1.15. The highest BCUT2D eigenvalue weighted by atomic mass is 16.2. The first-order valence-electron chi connectivity index (χ1n) is 6.21. The second-order valence-electron chi connectivity index (χ2n) is 4.67. The molecular weight excluding hydrogens is 218 g/mol. The fourth-order valence-corrected chi connectivity index (χ4v) is 1.32. The third-order valence-corrected chi connectivity index (χ3v) is 2.66. The number of rotatable bonds is 7. The van der Waals surface area contributed by atoms with Gasteiger partial charge in [0.1, 0.15) is 0 Å². The summed E-state index contributed by atoms with van der Waals surface area (Å²) >= 11 is 0. The summed E-state index contributed by atoms with van der Waals surface area (Å²) in [4.78, 5) is 22.9. The van der Waals surface area contributed by atoms with E-state index in [9.17, 15) is 9.59 Å². The van der Waals surface area contributed by atoms with Crippen molar-refractivity contribution >= 4 is 11.8 Å². The van der Waals surface area contributed by atoms with E-state index in [0.717, 1.165) is 6.42 Å². The van der Waals surface area contributed by atoms with Gasteiger partial charge in [-0.05, 0) is 19.8 Å². The number of amides is 2. The van der Waals surface area contributed by atoms with Crippen LogP contribution in [0.1, 0.15) is 40.5 Å². The summed E-state index contributed by atoms with van der Waals surface area (Å²) in [5.41, 5.74) is 5.76. The largest absolute Gasteiger partial charge is 0.354 e. The molecule has 17 heavy (non-hydrogen) atoms. The Morgan fingerprint density at radius 3 is 2.29 bits per heavy atom. The quantitative estimate of drug-likeness (QED) is 0.605. The molecule has 0 aliphatic carbocycles. The molecule has 0 aromatic heterocycles. The van der Waals surface area contributed by atoms with Crippen molar-refractivity contribution in [3.8, 4) is 0 Å². The van der Waals surface area contributed by atoms with Gasteiger partial charge in [0.2, 0.25) is 11.8 Å². The molecule has 2 amide bonds. The number of hydrogen-bond donors (Lipinski definition) is 3. The molecule has 5 heteroatoms. The minimum Gasteiger partial charge on any atom is -0.354 e. The van der Waals surface area contributed by atoms with Crippen molar-refractivity contribution in [2.75, 3.05) is 6.54 Å². The van der Waals surface area contributed by atoms with Crippen LogP contribution in [0.4, 0.5) is 0 Å². The van der Waals surface area contributed by atoms with Crippen LogP contribution < -0.4 is 16.4 Å². The van der Waals surface area contributed by atoms with E-state index in [1.807, 2.05) is 27.7 Å². The topological polar surface area (TPSA) is 84.2 Å². The van der Waals surface area contributed by atoms with Crippen LogP contribution in [0.15, 0.2) is 0 Å². The summed E-state index contributed by atoms with van der Waals surface area (Å²) in [6, 6.07) is -0.367. The lowest BCUT2D eigenvalue weighted by Crippen LogP contribution is -2.45. The maximum atomic E-state index is 11.6. The summed E-state index contributed by atoms with van der Waals surface area (Å²) in [5, 5.41) is 5.44. The summed E-state index contributed by atoms with van der Waals surface area (Å²) < 4.78 is 0. The second kappa shape index (κ2) is 8.06. The predicted molar refractivity (Wildman–Crippen MR) is 68.3 cm³/mol. The lowest BCUT2D eigenvalue weighted by atomic mass is 9.99. The molecule has 0 aliphatic heterocycles. The summed E-state index contributed by atoms with van der Waals surface area (Å²) in [5.74, 6) is -0.0893. The first-order chi connectivity index (χ1) is 7.88. The van der Waals surface area contributed by atoms with E-state index < -0.39 is 6.04 Å². The Bertz CT molecular complexity index is 254. The Kier molecular flexibility index (Phi) is 7.54. The van der Waals surface area contributed by atoms with E-state index >= 15 is 0 Å². The van der Waals surface area contributed by atoms with Crippen LogP contribution in [-0.4, -0.2) is 30.4 Å². The molecule has 0 saturated carbocycles. The van der Waals surface area contributed by atoms with Gasteiger partial charge in [-0.25, -0.2) is 0 Å². The zero-order chi connectivity index (χ0) is 13.4. The average Bonchev–Trinajstić information content (AvgIpc) is 2.25. The summed E-state index contributed by atoms with van der Waals surface area (Å²) in [6.45, 7) is 8.07. The number of carbonyl (C=O) groups excluding carboxylic acids is 2. The zero-order valence-electron chi connectivity index (χ0n) is 11.2. The highest BCUT2D eigenvalue weighted by Crippen LogP contribution is 2.04. The molecule has 0 radical (unpaired) electrons. The van der Waals surface area contributed by atoms with Crippen LogP contribution in [-0.2, 0) is 9.59 Å². The molecule has 0 unspecified atom stereocenters. The van der Waals surface area contributed by atoms with Gasteiger partial charge in [-0.3, -0.25) is 9.59 Å². The minimum atomic E-state index is -0.492. The van der Waals surface area contributed by atoms with Crippen LogP contribution in [0.25, 0.3) is 0 Å². The predicted octanol–water partition coefficient (Wildman–Crippen LogP) is 0.391. The smallest absolute Gasteiger partial charge is 0.237 e. The fourth-order valence-electron chi connectivity index (χ4n) is 1.32. The Hall–Kier alpha value is -1.10. The third-order valence-electron chi connectivity index (χ3n) is 2.66. The van der Waals surface area contributed by atoms with Crippen LogP contribution in [0.3, 0.4) is 0 Å². The molecule has 0 spiro atoms. The molecule has 0 aliphatic rings. The highest BCUT2D eigenvalue weighted by Gasteiger charge is 2.18. The number of nitrogens with two attached hydrogens (primary N) is 1. The van der Waals surface area contributed by atoms with Crippen LogP contribution in [0.5, 0.6) is 0 Å². The van der Waals surface area contributed by atoms with Gasteiger partial charge in [0.15, 0.2) is 0 Å². The number of carbonyl (C=O) groups is 2. The molecule has 0 fully saturated rings. The van der Waals surface area contributed by atoms with Crippen molar-refractivity contribution in [2.45, 2.75) is 52.6 Å². The van der Waals surface area contributed by atoms with E-state index in [-0.39, 0.29) is 30.2 Å². The lowest BCUT2D eigenvalue weighted by molar-refractivity contribution is -0.124. The van der Waals surface area contributed by atoms with E-state index in [0.29, 0.717) is 6.54 Å². The van der Waals surface area contributed by atoms with Gasteiger partial charge in [-0.15, -0.1) is 0 Å². The van der Waals surface area contributed by atoms with Crippen LogP contribution in [0.2, 0.25) is 0 Å². The van der Waals surface area contributed by atoms with Gasteiger partial charge in [0, 0.05) is 19.0 Å². The van der Waals surface area contributed by atoms with E-state index in [1.54, 1.807) is 0 Å². The molecule has 0 aromatic carbocycles. The lowest BCUT2D eigenvalue weighted by Gasteiger charge is -2.17. The second-order valence-corrected chi connectivity index (χ2v) is 4.67. The van der Waals surface area contributed by atoms with Gasteiger partial charge >= 0.3 is 0 Å². The molecule has 2 atom stereocenters. The highest BCUT2D eigenvalue weighted by molar-refractivity contribution is 5.82. The van der Waals surface area contributed by atoms with Crippen molar-refractivity contribution in [3.63, 3.8) is 0 Å². The van der Waals surface area contributed by atoms with E-state index in [2.05, 4.69) is 10.6 Å². The standard InChI is InChI=1S/C12H25N3O2/c1-5-9(4)11(13)12(17)14-7-6-10(16)15-8(2)3/h8-9,11H,5-7,13H2,1-4H3,(H,14,17)(H,15,16)/t9-,11-/m0/s1. The van der Waals surface area contributed by atoms with Gasteiger partial charge in [0.05, 0.1) is 6.04 Å². The van der Waals surface area contributed by atoms with Gasteiger partial charge in [0.25, 0.3) is 0 Å². The SMILES string of the molecule is CC[C@H](C)[C@H](N)C(=O)NCCC(=O)NC(C)C. The molecule has 4 N–H and O–H groups in total. The van der Waals surface area contributed by atoms with Crippen molar-refractivity contribution in [3.05, 3.63) is 0 Å². The molecule has 0 bridgehead atoms. The van der Waals surface area contributed by atoms with Crippen molar-refractivity contribution in [2.24, 2.45) is 11.7 Å².